The molecule has 1 atom stereocenters. The van der Waals surface area contributed by atoms with Crippen LogP contribution < -0.4 is 5.32 Å². The molecule has 0 aromatic heterocycles. The number of hydrogen-bond donors (Lipinski definition) is 1. The van der Waals surface area contributed by atoms with Crippen LogP contribution in [0.4, 0.5) is 0 Å². The van der Waals surface area contributed by atoms with Crippen LogP contribution in [0.5, 0.6) is 0 Å². The average molecular weight is 362 g/mol. The number of ether oxygens (including phenoxy) is 1. The maximum absolute atomic E-state index is 12.1. The summed E-state index contributed by atoms with van der Waals surface area (Å²) in [7, 11) is 0. The smallest absolute Gasteiger partial charge is 0.331 e. The maximum Gasteiger partial charge on any atom is 0.331 e. The van der Waals surface area contributed by atoms with E-state index < -0.39 is 5.97 Å². The highest BCUT2D eigenvalue weighted by atomic mass is 16.5. The van der Waals surface area contributed by atoms with Crippen molar-refractivity contribution < 1.29 is 14.3 Å². The second-order valence-electron chi connectivity index (χ2n) is 5.99. The van der Waals surface area contributed by atoms with Gasteiger partial charge in [-0.2, -0.15) is 5.26 Å². The summed E-state index contributed by atoms with van der Waals surface area (Å²) in [6.07, 6.45) is 4.57. The van der Waals surface area contributed by atoms with Gasteiger partial charge < -0.3 is 10.1 Å². The highest BCUT2D eigenvalue weighted by Crippen LogP contribution is 2.17. The largest absolute Gasteiger partial charge is 0.452 e. The zero-order valence-corrected chi connectivity index (χ0v) is 15.2. The van der Waals surface area contributed by atoms with Crippen LogP contribution in [0.15, 0.2) is 60.7 Å². The number of carbonyl (C=O) groups excluding carboxylic acids is 2. The number of nitrogens with zero attached hydrogens (tertiary/aromatic N) is 1. The molecule has 0 saturated heterocycles. The van der Waals surface area contributed by atoms with Crippen LogP contribution in [0.25, 0.3) is 6.08 Å². The van der Waals surface area contributed by atoms with Gasteiger partial charge in [-0.15, -0.1) is 0 Å². The first-order chi connectivity index (χ1) is 13.1. The van der Waals surface area contributed by atoms with Crippen LogP contribution >= 0.6 is 0 Å². The van der Waals surface area contributed by atoms with E-state index in [1.807, 2.05) is 36.4 Å². The third-order valence-electron chi connectivity index (χ3n) is 3.91. The Morgan fingerprint density at radius 1 is 1.15 bits per heavy atom. The molecule has 0 saturated carbocycles. The second-order valence-corrected chi connectivity index (χ2v) is 5.99. The molecule has 1 N–H and O–H groups in total. The standard InChI is InChI=1S/C22H22N2O3/c1-2-6-20(19-7-4-3-5-8-19)24-21(25)16-27-22(26)14-13-17-9-11-18(15-23)12-10-17/h3-5,7-14,20H,2,6,16H2,1H3,(H,24,25)/b14-13+/t20-/m0/s1. The van der Waals surface area contributed by atoms with Crippen molar-refractivity contribution in [3.8, 4) is 6.07 Å². The number of amides is 1. The van der Waals surface area contributed by atoms with Gasteiger partial charge >= 0.3 is 5.97 Å². The van der Waals surface area contributed by atoms with Crippen molar-refractivity contribution in [3.05, 3.63) is 77.4 Å². The van der Waals surface area contributed by atoms with E-state index in [-0.39, 0.29) is 18.6 Å². The summed E-state index contributed by atoms with van der Waals surface area (Å²) in [6.45, 7) is 1.72. The van der Waals surface area contributed by atoms with E-state index in [4.69, 9.17) is 10.00 Å². The highest BCUT2D eigenvalue weighted by molar-refractivity contribution is 5.89. The van der Waals surface area contributed by atoms with Crippen molar-refractivity contribution in [3.63, 3.8) is 0 Å². The lowest BCUT2D eigenvalue weighted by molar-refractivity contribution is -0.144. The van der Waals surface area contributed by atoms with Gasteiger partial charge in [0.25, 0.3) is 5.91 Å². The summed E-state index contributed by atoms with van der Waals surface area (Å²) in [5.74, 6) is -0.932. The van der Waals surface area contributed by atoms with Gasteiger partial charge in [0.2, 0.25) is 0 Å². The van der Waals surface area contributed by atoms with Crippen LogP contribution in [0.3, 0.4) is 0 Å². The van der Waals surface area contributed by atoms with Gasteiger partial charge in [0.05, 0.1) is 17.7 Å². The first kappa shape index (κ1) is 19.9. The molecule has 5 nitrogen and oxygen atoms in total. The predicted octanol–water partition coefficient (Wildman–Crippen LogP) is 3.77. The molecule has 27 heavy (non-hydrogen) atoms. The number of hydrogen-bond acceptors (Lipinski definition) is 4. The van der Waals surface area contributed by atoms with Crippen molar-refractivity contribution in [2.24, 2.45) is 0 Å². The van der Waals surface area contributed by atoms with E-state index >= 15 is 0 Å². The minimum absolute atomic E-state index is 0.100. The fourth-order valence-corrected chi connectivity index (χ4v) is 2.55. The molecule has 0 fully saturated rings. The minimum atomic E-state index is -0.596. The molecule has 0 aliphatic carbocycles. The third-order valence-corrected chi connectivity index (χ3v) is 3.91. The SMILES string of the molecule is CCC[C@H](NC(=O)COC(=O)/C=C/c1ccc(C#N)cc1)c1ccccc1. The first-order valence-corrected chi connectivity index (χ1v) is 8.81. The summed E-state index contributed by atoms with van der Waals surface area (Å²) >= 11 is 0. The van der Waals surface area contributed by atoms with Crippen molar-refractivity contribution in [1.82, 2.24) is 5.32 Å². The zero-order chi connectivity index (χ0) is 19.5. The number of nitrogens with one attached hydrogen (secondary N) is 1. The second kappa shape index (κ2) is 10.6. The zero-order valence-electron chi connectivity index (χ0n) is 15.2. The Balaban J connectivity index is 1.83. The Bertz CT molecular complexity index is 821. The molecule has 5 heteroatoms. The molecule has 0 unspecified atom stereocenters. The fourth-order valence-electron chi connectivity index (χ4n) is 2.55. The van der Waals surface area contributed by atoms with E-state index in [1.54, 1.807) is 30.3 Å². The summed E-state index contributed by atoms with van der Waals surface area (Å²) < 4.78 is 5.00. The van der Waals surface area contributed by atoms with Gasteiger partial charge in [-0.05, 0) is 35.8 Å². The summed E-state index contributed by atoms with van der Waals surface area (Å²) in [5, 5.41) is 11.7. The van der Waals surface area contributed by atoms with Gasteiger partial charge in [0, 0.05) is 6.08 Å². The van der Waals surface area contributed by atoms with Crippen LogP contribution in [0.2, 0.25) is 0 Å². The molecule has 0 heterocycles. The Labute approximate surface area is 159 Å². The van der Waals surface area contributed by atoms with Gasteiger partial charge in [-0.3, -0.25) is 4.79 Å². The number of carbonyl (C=O) groups is 2. The quantitative estimate of drug-likeness (QED) is 0.573. The topological polar surface area (TPSA) is 79.2 Å². The van der Waals surface area contributed by atoms with Crippen molar-refractivity contribution >= 4 is 18.0 Å². The Kier molecular flexibility index (Phi) is 7.80. The van der Waals surface area contributed by atoms with Gasteiger partial charge in [0.15, 0.2) is 6.61 Å². The Hall–Kier alpha value is -3.39. The monoisotopic (exact) mass is 362 g/mol. The van der Waals surface area contributed by atoms with E-state index in [0.29, 0.717) is 5.56 Å². The molecule has 2 aromatic rings. The number of esters is 1. The van der Waals surface area contributed by atoms with E-state index in [0.717, 1.165) is 24.0 Å². The molecule has 2 aromatic carbocycles. The minimum Gasteiger partial charge on any atom is -0.452 e. The average Bonchev–Trinajstić information content (AvgIpc) is 2.71. The van der Waals surface area contributed by atoms with Crippen LogP contribution in [0, 0.1) is 11.3 Å². The fraction of sp³-hybridized carbons (Fsp3) is 0.227. The molecular formula is C22H22N2O3. The normalized spacial score (nSPS) is 11.6. The molecule has 0 radical (unpaired) electrons. The van der Waals surface area contributed by atoms with E-state index in [2.05, 4.69) is 12.2 Å². The van der Waals surface area contributed by atoms with Gasteiger partial charge in [-0.25, -0.2) is 4.79 Å². The number of benzene rings is 2. The summed E-state index contributed by atoms with van der Waals surface area (Å²) in [4.78, 5) is 23.9. The lowest BCUT2D eigenvalue weighted by Crippen LogP contribution is -2.32. The summed E-state index contributed by atoms with van der Waals surface area (Å²) in [5.41, 5.74) is 2.34. The first-order valence-electron chi connectivity index (χ1n) is 8.81. The number of nitriles is 1. The van der Waals surface area contributed by atoms with Crippen LogP contribution in [-0.4, -0.2) is 18.5 Å². The molecule has 0 aliphatic rings. The third kappa shape index (κ3) is 6.79. The molecule has 0 bridgehead atoms. The Morgan fingerprint density at radius 3 is 2.48 bits per heavy atom. The highest BCUT2D eigenvalue weighted by Gasteiger charge is 2.14. The van der Waals surface area contributed by atoms with E-state index in [9.17, 15) is 9.59 Å². The molecule has 0 spiro atoms. The van der Waals surface area contributed by atoms with E-state index in [1.165, 1.54) is 6.08 Å². The van der Waals surface area contributed by atoms with Crippen LogP contribution in [-0.2, 0) is 14.3 Å². The van der Waals surface area contributed by atoms with Crippen molar-refractivity contribution in [2.75, 3.05) is 6.61 Å². The van der Waals surface area contributed by atoms with Crippen molar-refractivity contribution in [2.45, 2.75) is 25.8 Å². The van der Waals surface area contributed by atoms with Crippen molar-refractivity contribution in [1.29, 1.82) is 5.26 Å². The lowest BCUT2D eigenvalue weighted by atomic mass is 10.0. The predicted molar refractivity (Wildman–Crippen MR) is 103 cm³/mol. The lowest BCUT2D eigenvalue weighted by Gasteiger charge is -2.18. The maximum atomic E-state index is 12.1. The van der Waals surface area contributed by atoms with Crippen LogP contribution in [0.1, 0.15) is 42.5 Å². The molecule has 1 amide bonds. The van der Waals surface area contributed by atoms with Gasteiger partial charge in [0.1, 0.15) is 0 Å². The summed E-state index contributed by atoms with van der Waals surface area (Å²) in [6, 6.07) is 18.4. The van der Waals surface area contributed by atoms with Gasteiger partial charge in [-0.1, -0.05) is 55.8 Å². The number of rotatable bonds is 8. The Morgan fingerprint density at radius 2 is 1.85 bits per heavy atom. The molecule has 138 valence electrons. The molecular weight excluding hydrogens is 340 g/mol. The molecule has 2 rings (SSSR count). The molecule has 0 aliphatic heterocycles.